The van der Waals surface area contributed by atoms with Gasteiger partial charge in [-0.1, -0.05) is 0 Å². The molecule has 1 aliphatic heterocycles. The number of hydrogen-bond acceptors (Lipinski definition) is 4. The number of nitrogens with zero attached hydrogens (tertiary/aromatic N) is 4. The molecule has 2 N–H and O–H groups in total. The van der Waals surface area contributed by atoms with E-state index >= 15 is 0 Å². The number of hydrogen-bond donors (Lipinski definition) is 2. The van der Waals surface area contributed by atoms with Gasteiger partial charge in [0, 0.05) is 20.0 Å². The summed E-state index contributed by atoms with van der Waals surface area (Å²) in [5.74, 6) is 0.962. The molecule has 15 heavy (non-hydrogen) atoms. The molecular weight excluding hydrogens is 192 g/mol. The molecule has 0 radical (unpaired) electrons. The van der Waals surface area contributed by atoms with Crippen molar-refractivity contribution in [3.05, 3.63) is 29.9 Å². The van der Waals surface area contributed by atoms with Crippen LogP contribution in [-0.4, -0.2) is 24.7 Å². The van der Waals surface area contributed by atoms with Gasteiger partial charge in [0.2, 0.25) is 0 Å². The minimum Gasteiger partial charge on any atom is -0.347 e. The third-order valence-electron chi connectivity index (χ3n) is 2.79. The number of imidazole rings is 1. The highest BCUT2D eigenvalue weighted by molar-refractivity contribution is 5.18. The number of rotatable bonds is 1. The standard InChI is InChI=1S/C9H12N6/c1-15-5-13-14-9(15)7-2-6-8(3-10-7)12-4-11-6/h4-5,7,10H,2-3H2,1H3,(H,11,12). The van der Waals surface area contributed by atoms with Crippen LogP contribution >= 0.6 is 0 Å². The average molecular weight is 204 g/mol. The molecule has 78 valence electrons. The first-order chi connectivity index (χ1) is 7.34. The van der Waals surface area contributed by atoms with Crippen LogP contribution in [0.2, 0.25) is 0 Å². The number of fused-ring (bicyclic) bond motifs is 1. The quantitative estimate of drug-likeness (QED) is 0.682. The maximum absolute atomic E-state index is 4.29. The first kappa shape index (κ1) is 8.60. The van der Waals surface area contributed by atoms with Gasteiger partial charge in [0.25, 0.3) is 0 Å². The van der Waals surface area contributed by atoms with Gasteiger partial charge in [0.1, 0.15) is 12.2 Å². The second-order valence-electron chi connectivity index (χ2n) is 3.77. The summed E-state index contributed by atoms with van der Waals surface area (Å²) in [4.78, 5) is 7.42. The van der Waals surface area contributed by atoms with Crippen LogP contribution in [0.15, 0.2) is 12.7 Å². The summed E-state index contributed by atoms with van der Waals surface area (Å²) in [5, 5.41) is 11.4. The Morgan fingerprint density at radius 3 is 3.27 bits per heavy atom. The van der Waals surface area contributed by atoms with Crippen LogP contribution < -0.4 is 5.32 Å². The van der Waals surface area contributed by atoms with Crippen molar-refractivity contribution in [2.75, 3.05) is 0 Å². The van der Waals surface area contributed by atoms with Gasteiger partial charge in [-0.2, -0.15) is 0 Å². The largest absolute Gasteiger partial charge is 0.347 e. The lowest BCUT2D eigenvalue weighted by Crippen LogP contribution is -2.30. The molecule has 3 heterocycles. The zero-order valence-electron chi connectivity index (χ0n) is 8.44. The van der Waals surface area contributed by atoms with Crippen molar-refractivity contribution in [2.45, 2.75) is 19.0 Å². The van der Waals surface area contributed by atoms with Gasteiger partial charge in [0.05, 0.1) is 23.8 Å². The minimum absolute atomic E-state index is 0.216. The third kappa shape index (κ3) is 1.33. The summed E-state index contributed by atoms with van der Waals surface area (Å²) in [6.45, 7) is 0.812. The van der Waals surface area contributed by atoms with Crippen molar-refractivity contribution in [1.82, 2.24) is 30.0 Å². The molecule has 0 spiro atoms. The average Bonchev–Trinajstić information content (AvgIpc) is 2.84. The summed E-state index contributed by atoms with van der Waals surface area (Å²) < 4.78 is 1.94. The molecule has 2 aromatic rings. The number of aromatic amines is 1. The molecule has 0 fully saturated rings. The zero-order chi connectivity index (χ0) is 10.3. The second kappa shape index (κ2) is 3.16. The van der Waals surface area contributed by atoms with Crippen LogP contribution in [0.1, 0.15) is 23.3 Å². The molecule has 0 saturated heterocycles. The van der Waals surface area contributed by atoms with Crippen LogP contribution in [0.3, 0.4) is 0 Å². The smallest absolute Gasteiger partial charge is 0.150 e. The molecule has 0 aliphatic carbocycles. The van der Waals surface area contributed by atoms with Crippen molar-refractivity contribution in [3.63, 3.8) is 0 Å². The molecule has 0 saturated carbocycles. The van der Waals surface area contributed by atoms with E-state index in [0.717, 1.165) is 24.5 Å². The topological polar surface area (TPSA) is 71.4 Å². The number of aromatic nitrogens is 5. The summed E-state index contributed by atoms with van der Waals surface area (Å²) in [7, 11) is 1.96. The van der Waals surface area contributed by atoms with Crippen LogP contribution in [0, 0.1) is 0 Å². The van der Waals surface area contributed by atoms with Gasteiger partial charge in [-0.3, -0.25) is 0 Å². The summed E-state index contributed by atoms with van der Waals surface area (Å²) in [5.41, 5.74) is 2.30. The third-order valence-corrected chi connectivity index (χ3v) is 2.79. The summed E-state index contributed by atoms with van der Waals surface area (Å²) in [6.07, 6.45) is 4.33. The number of H-pyrrole nitrogens is 1. The van der Waals surface area contributed by atoms with Crippen LogP contribution in [-0.2, 0) is 20.0 Å². The maximum Gasteiger partial charge on any atom is 0.150 e. The molecule has 2 aromatic heterocycles. The highest BCUT2D eigenvalue weighted by Gasteiger charge is 2.24. The Balaban J connectivity index is 1.90. The fourth-order valence-electron chi connectivity index (χ4n) is 1.96. The molecule has 6 nitrogen and oxygen atoms in total. The molecule has 1 unspecified atom stereocenters. The van der Waals surface area contributed by atoms with Gasteiger partial charge in [-0.15, -0.1) is 10.2 Å². The van der Waals surface area contributed by atoms with E-state index in [4.69, 9.17) is 0 Å². The Labute approximate surface area is 86.7 Å². The monoisotopic (exact) mass is 204 g/mol. The van der Waals surface area contributed by atoms with E-state index in [9.17, 15) is 0 Å². The second-order valence-corrected chi connectivity index (χ2v) is 3.77. The van der Waals surface area contributed by atoms with Crippen molar-refractivity contribution in [2.24, 2.45) is 7.05 Å². The highest BCUT2D eigenvalue weighted by Crippen LogP contribution is 2.21. The van der Waals surface area contributed by atoms with Gasteiger partial charge in [-0.05, 0) is 0 Å². The maximum atomic E-state index is 4.29. The first-order valence-electron chi connectivity index (χ1n) is 4.93. The number of nitrogens with one attached hydrogen (secondary N) is 2. The van der Waals surface area contributed by atoms with E-state index < -0.39 is 0 Å². The van der Waals surface area contributed by atoms with E-state index in [1.54, 1.807) is 12.7 Å². The highest BCUT2D eigenvalue weighted by atomic mass is 15.3. The SMILES string of the molecule is Cn1cnnc1C1Cc2nc[nH]c2CN1. The molecule has 1 atom stereocenters. The Bertz CT molecular complexity index is 470. The number of aryl methyl sites for hydroxylation is 1. The van der Waals surface area contributed by atoms with Crippen molar-refractivity contribution >= 4 is 0 Å². The van der Waals surface area contributed by atoms with E-state index in [1.165, 1.54) is 5.69 Å². The van der Waals surface area contributed by atoms with E-state index in [0.29, 0.717) is 0 Å². The Morgan fingerprint density at radius 1 is 1.53 bits per heavy atom. The first-order valence-corrected chi connectivity index (χ1v) is 4.93. The Hall–Kier alpha value is -1.69. The van der Waals surface area contributed by atoms with Gasteiger partial charge in [-0.25, -0.2) is 4.98 Å². The molecule has 0 bridgehead atoms. The minimum atomic E-state index is 0.216. The van der Waals surface area contributed by atoms with Crippen molar-refractivity contribution < 1.29 is 0 Å². The van der Waals surface area contributed by atoms with E-state index in [2.05, 4.69) is 25.5 Å². The molecular formula is C9H12N6. The normalized spacial score (nSPS) is 20.2. The van der Waals surface area contributed by atoms with E-state index in [-0.39, 0.29) is 6.04 Å². The van der Waals surface area contributed by atoms with Crippen LogP contribution in [0.25, 0.3) is 0 Å². The lowest BCUT2D eigenvalue weighted by molar-refractivity contribution is 0.456. The van der Waals surface area contributed by atoms with Crippen molar-refractivity contribution in [3.8, 4) is 0 Å². The molecule has 3 rings (SSSR count). The molecule has 0 amide bonds. The lowest BCUT2D eigenvalue weighted by Gasteiger charge is -2.21. The molecule has 6 heteroatoms. The van der Waals surface area contributed by atoms with Gasteiger partial charge >= 0.3 is 0 Å². The summed E-state index contributed by atoms with van der Waals surface area (Å²) in [6, 6.07) is 0.216. The Morgan fingerprint density at radius 2 is 2.47 bits per heavy atom. The van der Waals surface area contributed by atoms with Gasteiger partial charge in [0.15, 0.2) is 0 Å². The van der Waals surface area contributed by atoms with Crippen LogP contribution in [0.4, 0.5) is 0 Å². The van der Waals surface area contributed by atoms with Crippen molar-refractivity contribution in [1.29, 1.82) is 0 Å². The zero-order valence-corrected chi connectivity index (χ0v) is 8.44. The summed E-state index contributed by atoms with van der Waals surface area (Å²) >= 11 is 0. The molecule has 0 aromatic carbocycles. The van der Waals surface area contributed by atoms with Crippen LogP contribution in [0.5, 0.6) is 0 Å². The predicted octanol–water partition coefficient (Wildman–Crippen LogP) is -0.0748. The predicted molar refractivity (Wildman–Crippen MR) is 52.9 cm³/mol. The lowest BCUT2D eigenvalue weighted by atomic mass is 10.1. The van der Waals surface area contributed by atoms with Gasteiger partial charge < -0.3 is 14.9 Å². The fraction of sp³-hybridized carbons (Fsp3) is 0.444. The fourth-order valence-corrected chi connectivity index (χ4v) is 1.96. The Kier molecular flexibility index (Phi) is 1.81. The molecule has 1 aliphatic rings. The van der Waals surface area contributed by atoms with E-state index in [1.807, 2.05) is 11.6 Å².